The molecule has 0 aromatic heterocycles. The van der Waals surface area contributed by atoms with Gasteiger partial charge in [0.25, 0.3) is 0 Å². The standard InChI is InChI=1S/C15H28N4O2/c1-14(2,15(3,4)16)12(20)18-8-5-11(6-9-18)19-10-7-17-13(19)21/h11H,5-10,16H2,1-4H3,(H,17,21). The van der Waals surface area contributed by atoms with Crippen LogP contribution in [0.4, 0.5) is 4.79 Å². The summed E-state index contributed by atoms with van der Waals surface area (Å²) in [7, 11) is 0. The van der Waals surface area contributed by atoms with Crippen LogP contribution in [0.3, 0.4) is 0 Å². The molecule has 2 aliphatic heterocycles. The zero-order valence-electron chi connectivity index (χ0n) is 13.6. The first-order chi connectivity index (χ1) is 9.64. The monoisotopic (exact) mass is 296 g/mol. The molecule has 0 aromatic carbocycles. The van der Waals surface area contributed by atoms with E-state index >= 15 is 0 Å². The highest BCUT2D eigenvalue weighted by molar-refractivity contribution is 5.83. The van der Waals surface area contributed by atoms with Crippen LogP contribution in [0.15, 0.2) is 0 Å². The molecule has 0 aliphatic carbocycles. The number of hydrogen-bond acceptors (Lipinski definition) is 3. The van der Waals surface area contributed by atoms with Crippen LogP contribution >= 0.6 is 0 Å². The molecule has 0 bridgehead atoms. The van der Waals surface area contributed by atoms with Crippen molar-refractivity contribution >= 4 is 11.9 Å². The molecule has 0 spiro atoms. The van der Waals surface area contributed by atoms with Crippen LogP contribution in [0, 0.1) is 5.41 Å². The van der Waals surface area contributed by atoms with E-state index in [-0.39, 0.29) is 18.0 Å². The van der Waals surface area contributed by atoms with Gasteiger partial charge in [-0.15, -0.1) is 0 Å². The summed E-state index contributed by atoms with van der Waals surface area (Å²) in [5, 5.41) is 2.83. The first-order valence-corrected chi connectivity index (χ1v) is 7.77. The quantitative estimate of drug-likeness (QED) is 0.807. The van der Waals surface area contributed by atoms with E-state index < -0.39 is 11.0 Å². The van der Waals surface area contributed by atoms with Crippen molar-refractivity contribution in [1.82, 2.24) is 15.1 Å². The fourth-order valence-electron chi connectivity index (χ4n) is 2.89. The number of piperidine rings is 1. The number of likely N-dealkylation sites (tertiary alicyclic amines) is 1. The lowest BCUT2D eigenvalue weighted by Crippen LogP contribution is -2.58. The average Bonchev–Trinajstić information content (AvgIpc) is 2.83. The molecule has 3 N–H and O–H groups in total. The normalized spacial score (nSPS) is 21.7. The molecule has 2 heterocycles. The minimum atomic E-state index is -0.592. The maximum atomic E-state index is 12.7. The number of amides is 3. The third-order valence-corrected chi connectivity index (χ3v) is 5.23. The number of hydrogen-bond donors (Lipinski definition) is 2. The van der Waals surface area contributed by atoms with Gasteiger partial charge in [0.05, 0.1) is 5.41 Å². The summed E-state index contributed by atoms with van der Waals surface area (Å²) < 4.78 is 0. The summed E-state index contributed by atoms with van der Waals surface area (Å²) in [6.45, 7) is 10.5. The van der Waals surface area contributed by atoms with Crippen LogP contribution in [-0.2, 0) is 4.79 Å². The number of nitrogens with zero attached hydrogens (tertiary/aromatic N) is 2. The second-order valence-corrected chi connectivity index (χ2v) is 7.30. The lowest BCUT2D eigenvalue weighted by atomic mass is 9.74. The van der Waals surface area contributed by atoms with Crippen molar-refractivity contribution in [2.45, 2.75) is 52.1 Å². The van der Waals surface area contributed by atoms with Gasteiger partial charge in [0, 0.05) is 37.8 Å². The lowest BCUT2D eigenvalue weighted by molar-refractivity contribution is -0.145. The molecular formula is C15H28N4O2. The van der Waals surface area contributed by atoms with Crippen LogP contribution < -0.4 is 11.1 Å². The Balaban J connectivity index is 1.95. The molecule has 3 amide bonds. The predicted molar refractivity (Wildman–Crippen MR) is 81.8 cm³/mol. The Morgan fingerprint density at radius 3 is 2.19 bits per heavy atom. The molecule has 2 saturated heterocycles. The van der Waals surface area contributed by atoms with E-state index in [0.29, 0.717) is 13.1 Å². The molecule has 6 heteroatoms. The number of rotatable bonds is 3. The van der Waals surface area contributed by atoms with E-state index in [0.717, 1.165) is 25.9 Å². The first kappa shape index (κ1) is 16.1. The van der Waals surface area contributed by atoms with Crippen molar-refractivity contribution in [2.75, 3.05) is 26.2 Å². The Hall–Kier alpha value is -1.30. The van der Waals surface area contributed by atoms with Gasteiger partial charge in [0.2, 0.25) is 5.91 Å². The van der Waals surface area contributed by atoms with E-state index in [9.17, 15) is 9.59 Å². The summed E-state index contributed by atoms with van der Waals surface area (Å²) in [5.41, 5.74) is 5.01. The van der Waals surface area contributed by atoms with Crippen molar-refractivity contribution in [2.24, 2.45) is 11.1 Å². The van der Waals surface area contributed by atoms with Gasteiger partial charge in [-0.05, 0) is 40.5 Å². The van der Waals surface area contributed by atoms with Crippen LogP contribution in [-0.4, -0.2) is 59.5 Å². The summed E-state index contributed by atoms with van der Waals surface area (Å²) in [6, 6.07) is 0.286. The molecule has 0 aromatic rings. The minimum absolute atomic E-state index is 0.0307. The van der Waals surface area contributed by atoms with Crippen molar-refractivity contribution in [3.8, 4) is 0 Å². The molecule has 2 rings (SSSR count). The van der Waals surface area contributed by atoms with E-state index in [1.54, 1.807) is 0 Å². The summed E-state index contributed by atoms with van der Waals surface area (Å²) in [6.07, 6.45) is 1.69. The number of nitrogens with two attached hydrogens (primary N) is 1. The van der Waals surface area contributed by atoms with Gasteiger partial charge in [-0.3, -0.25) is 4.79 Å². The summed E-state index contributed by atoms with van der Waals surface area (Å²) >= 11 is 0. The molecule has 21 heavy (non-hydrogen) atoms. The topological polar surface area (TPSA) is 78.7 Å². The van der Waals surface area contributed by atoms with Gasteiger partial charge >= 0.3 is 6.03 Å². The highest BCUT2D eigenvalue weighted by Gasteiger charge is 2.44. The Labute approximate surface area is 127 Å². The van der Waals surface area contributed by atoms with Crippen LogP contribution in [0.1, 0.15) is 40.5 Å². The zero-order chi connectivity index (χ0) is 15.8. The molecular weight excluding hydrogens is 268 g/mol. The molecule has 2 aliphatic rings. The highest BCUT2D eigenvalue weighted by Crippen LogP contribution is 2.32. The number of carbonyl (C=O) groups is 2. The maximum absolute atomic E-state index is 12.7. The molecule has 2 fully saturated rings. The molecule has 0 atom stereocenters. The van der Waals surface area contributed by atoms with E-state index in [1.165, 1.54) is 0 Å². The smallest absolute Gasteiger partial charge is 0.317 e. The third kappa shape index (κ3) is 3.00. The fourth-order valence-corrected chi connectivity index (χ4v) is 2.89. The van der Waals surface area contributed by atoms with E-state index in [2.05, 4.69) is 5.32 Å². The van der Waals surface area contributed by atoms with Crippen molar-refractivity contribution in [1.29, 1.82) is 0 Å². The second-order valence-electron chi connectivity index (χ2n) is 7.30. The predicted octanol–water partition coefficient (Wildman–Crippen LogP) is 0.766. The Bertz CT molecular complexity index is 420. The van der Waals surface area contributed by atoms with Crippen molar-refractivity contribution in [3.05, 3.63) is 0 Å². The second kappa shape index (κ2) is 5.48. The van der Waals surface area contributed by atoms with Gasteiger partial charge in [0.1, 0.15) is 0 Å². The first-order valence-electron chi connectivity index (χ1n) is 7.77. The number of carbonyl (C=O) groups excluding carboxylic acids is 2. The average molecular weight is 296 g/mol. The number of urea groups is 1. The largest absolute Gasteiger partial charge is 0.342 e. The van der Waals surface area contributed by atoms with Gasteiger partial charge in [-0.25, -0.2) is 4.79 Å². The van der Waals surface area contributed by atoms with Gasteiger partial charge < -0.3 is 20.9 Å². The van der Waals surface area contributed by atoms with Gasteiger partial charge in [-0.2, -0.15) is 0 Å². The number of nitrogens with one attached hydrogen (secondary N) is 1. The Kier molecular flexibility index (Phi) is 4.19. The fraction of sp³-hybridized carbons (Fsp3) is 0.867. The van der Waals surface area contributed by atoms with Crippen LogP contribution in [0.2, 0.25) is 0 Å². The maximum Gasteiger partial charge on any atom is 0.317 e. The molecule has 120 valence electrons. The van der Waals surface area contributed by atoms with Gasteiger partial charge in [0.15, 0.2) is 0 Å². The molecule has 0 saturated carbocycles. The molecule has 0 unspecified atom stereocenters. The van der Waals surface area contributed by atoms with E-state index in [4.69, 9.17) is 5.73 Å². The Morgan fingerprint density at radius 2 is 1.76 bits per heavy atom. The van der Waals surface area contributed by atoms with Crippen LogP contribution in [0.5, 0.6) is 0 Å². The highest BCUT2D eigenvalue weighted by atomic mass is 16.2. The summed E-state index contributed by atoms with van der Waals surface area (Å²) in [4.78, 5) is 28.2. The van der Waals surface area contributed by atoms with E-state index in [1.807, 2.05) is 37.5 Å². The van der Waals surface area contributed by atoms with Crippen molar-refractivity contribution < 1.29 is 9.59 Å². The molecule has 0 radical (unpaired) electrons. The minimum Gasteiger partial charge on any atom is -0.342 e. The van der Waals surface area contributed by atoms with Crippen molar-refractivity contribution in [3.63, 3.8) is 0 Å². The summed E-state index contributed by atoms with van der Waals surface area (Å²) in [5.74, 6) is 0.110. The van der Waals surface area contributed by atoms with Gasteiger partial charge in [-0.1, -0.05) is 0 Å². The SMILES string of the molecule is CC(C)(N)C(C)(C)C(=O)N1CCC(N2CCNC2=O)CC1. The Morgan fingerprint density at radius 1 is 1.19 bits per heavy atom. The molecule has 6 nitrogen and oxygen atoms in total. The lowest BCUT2D eigenvalue weighted by Gasteiger charge is -2.43. The van der Waals surface area contributed by atoms with Crippen LogP contribution in [0.25, 0.3) is 0 Å². The third-order valence-electron chi connectivity index (χ3n) is 5.23. The zero-order valence-corrected chi connectivity index (χ0v) is 13.6.